The van der Waals surface area contributed by atoms with E-state index in [2.05, 4.69) is 5.32 Å². The third kappa shape index (κ3) is 5.92. The van der Waals surface area contributed by atoms with Gasteiger partial charge in [0.1, 0.15) is 12.4 Å². The monoisotopic (exact) mass is 440 g/mol. The molecule has 7 heteroatoms. The zero-order chi connectivity index (χ0) is 22.3. The van der Waals surface area contributed by atoms with Gasteiger partial charge in [0.15, 0.2) is 0 Å². The summed E-state index contributed by atoms with van der Waals surface area (Å²) in [7, 11) is -3.92. The molecule has 0 aromatic heterocycles. The molecule has 0 unspecified atom stereocenters. The van der Waals surface area contributed by atoms with E-state index in [1.807, 2.05) is 19.1 Å². The molecular formula is C24H25FN2O3S. The molecule has 162 valence electrons. The van der Waals surface area contributed by atoms with Gasteiger partial charge in [0, 0.05) is 6.54 Å². The predicted molar refractivity (Wildman–Crippen MR) is 120 cm³/mol. The largest absolute Gasteiger partial charge is 0.354 e. The fourth-order valence-corrected chi connectivity index (χ4v) is 4.56. The number of halogens is 1. The Kier molecular flexibility index (Phi) is 7.41. The van der Waals surface area contributed by atoms with E-state index >= 15 is 0 Å². The average Bonchev–Trinajstić information content (AvgIpc) is 2.79. The second-order valence-corrected chi connectivity index (χ2v) is 8.93. The number of carbonyl (C=O) groups excluding carboxylic acids is 1. The Hall–Kier alpha value is -3.19. The third-order valence-corrected chi connectivity index (χ3v) is 6.69. The lowest BCUT2D eigenvalue weighted by molar-refractivity contribution is -0.119. The van der Waals surface area contributed by atoms with Crippen LogP contribution in [0.25, 0.3) is 0 Å². The maximum absolute atomic E-state index is 13.3. The van der Waals surface area contributed by atoms with Crippen molar-refractivity contribution in [3.63, 3.8) is 0 Å². The Balaban J connectivity index is 1.75. The van der Waals surface area contributed by atoms with Crippen molar-refractivity contribution in [2.75, 3.05) is 17.4 Å². The number of amides is 1. The first-order chi connectivity index (χ1) is 14.9. The molecular weight excluding hydrogens is 415 g/mol. The number of benzene rings is 3. The Morgan fingerprint density at radius 1 is 0.903 bits per heavy atom. The fraction of sp³-hybridized carbons (Fsp3) is 0.208. The van der Waals surface area contributed by atoms with Gasteiger partial charge >= 0.3 is 0 Å². The van der Waals surface area contributed by atoms with Crippen molar-refractivity contribution >= 4 is 21.6 Å². The lowest BCUT2D eigenvalue weighted by Crippen LogP contribution is -2.41. The maximum Gasteiger partial charge on any atom is 0.264 e. The molecule has 3 aromatic carbocycles. The highest BCUT2D eigenvalue weighted by Gasteiger charge is 2.27. The Morgan fingerprint density at radius 3 is 2.13 bits per heavy atom. The van der Waals surface area contributed by atoms with Gasteiger partial charge in [0.25, 0.3) is 10.0 Å². The van der Waals surface area contributed by atoms with Crippen molar-refractivity contribution in [1.29, 1.82) is 0 Å². The second-order valence-electron chi connectivity index (χ2n) is 7.07. The summed E-state index contributed by atoms with van der Waals surface area (Å²) in [5.41, 5.74) is 2.38. The minimum atomic E-state index is -3.92. The van der Waals surface area contributed by atoms with Gasteiger partial charge in [-0.05, 0) is 60.4 Å². The standard InChI is InChI=1S/C24H25FN2O3S/c1-2-19-10-14-22(15-11-19)27(31(29,30)23-6-4-3-5-7-23)18-24(28)26-17-16-20-8-12-21(25)13-9-20/h3-15H,2,16-18H2,1H3,(H,26,28). The van der Waals surface area contributed by atoms with Crippen molar-refractivity contribution < 1.29 is 17.6 Å². The first-order valence-electron chi connectivity index (χ1n) is 10.1. The average molecular weight is 441 g/mol. The number of sulfonamides is 1. The molecule has 0 fully saturated rings. The minimum Gasteiger partial charge on any atom is -0.354 e. The van der Waals surface area contributed by atoms with Crippen LogP contribution in [0.3, 0.4) is 0 Å². The molecule has 3 aromatic rings. The van der Waals surface area contributed by atoms with Crippen molar-refractivity contribution in [2.45, 2.75) is 24.7 Å². The van der Waals surface area contributed by atoms with Crippen LogP contribution in [0.4, 0.5) is 10.1 Å². The van der Waals surface area contributed by atoms with Crippen molar-refractivity contribution in [3.05, 3.63) is 95.8 Å². The van der Waals surface area contributed by atoms with Crippen LogP contribution >= 0.6 is 0 Å². The van der Waals surface area contributed by atoms with Crippen LogP contribution in [0.5, 0.6) is 0 Å². The van der Waals surface area contributed by atoms with E-state index in [4.69, 9.17) is 0 Å². The van der Waals surface area contributed by atoms with Crippen LogP contribution in [0.15, 0.2) is 83.8 Å². The zero-order valence-corrected chi connectivity index (χ0v) is 18.1. The van der Waals surface area contributed by atoms with E-state index in [1.54, 1.807) is 42.5 Å². The van der Waals surface area contributed by atoms with E-state index in [-0.39, 0.29) is 17.3 Å². The summed E-state index contributed by atoms with van der Waals surface area (Å²) in [5.74, 6) is -0.732. The molecule has 31 heavy (non-hydrogen) atoms. The van der Waals surface area contributed by atoms with Crippen molar-refractivity contribution in [3.8, 4) is 0 Å². The number of rotatable bonds is 9. The highest BCUT2D eigenvalue weighted by Crippen LogP contribution is 2.24. The van der Waals surface area contributed by atoms with Gasteiger partial charge in [0.05, 0.1) is 10.6 Å². The molecule has 0 saturated heterocycles. The zero-order valence-electron chi connectivity index (χ0n) is 17.3. The summed E-state index contributed by atoms with van der Waals surface area (Å²) in [6.45, 7) is 1.99. The molecule has 0 aliphatic rings. The number of hydrogen-bond acceptors (Lipinski definition) is 3. The molecule has 0 atom stereocenters. The van der Waals surface area contributed by atoms with Crippen LogP contribution in [-0.4, -0.2) is 27.4 Å². The number of carbonyl (C=O) groups is 1. The predicted octanol–water partition coefficient (Wildman–Crippen LogP) is 3.94. The molecule has 0 aliphatic heterocycles. The number of anilines is 1. The van der Waals surface area contributed by atoms with E-state index in [9.17, 15) is 17.6 Å². The fourth-order valence-electron chi connectivity index (χ4n) is 3.12. The van der Waals surface area contributed by atoms with E-state index in [0.717, 1.165) is 21.9 Å². The third-order valence-electron chi connectivity index (χ3n) is 4.90. The quantitative estimate of drug-likeness (QED) is 0.548. The number of aryl methyl sites for hydroxylation is 1. The molecule has 0 bridgehead atoms. The SMILES string of the molecule is CCc1ccc(N(CC(=O)NCCc2ccc(F)cc2)S(=O)(=O)c2ccccc2)cc1. The van der Waals surface area contributed by atoms with Gasteiger partial charge in [-0.15, -0.1) is 0 Å². The van der Waals surface area contributed by atoms with Crippen molar-refractivity contribution in [2.24, 2.45) is 0 Å². The second kappa shape index (κ2) is 10.2. The number of nitrogens with one attached hydrogen (secondary N) is 1. The van der Waals surface area contributed by atoms with Gasteiger partial charge in [-0.2, -0.15) is 0 Å². The van der Waals surface area contributed by atoms with E-state index < -0.39 is 15.9 Å². The molecule has 0 aliphatic carbocycles. The molecule has 0 saturated carbocycles. The summed E-state index contributed by atoms with van der Waals surface area (Å²) in [5, 5.41) is 2.75. The number of nitrogens with zero attached hydrogens (tertiary/aromatic N) is 1. The maximum atomic E-state index is 13.3. The van der Waals surface area contributed by atoms with Gasteiger partial charge in [-0.25, -0.2) is 12.8 Å². The van der Waals surface area contributed by atoms with Crippen LogP contribution in [0, 0.1) is 5.82 Å². The smallest absolute Gasteiger partial charge is 0.264 e. The van der Waals surface area contributed by atoms with Gasteiger partial charge < -0.3 is 5.32 Å². The van der Waals surface area contributed by atoms with Crippen LogP contribution in [0.2, 0.25) is 0 Å². The molecule has 0 radical (unpaired) electrons. The summed E-state index contributed by atoms with van der Waals surface area (Å²) in [6.07, 6.45) is 1.35. The first-order valence-corrected chi connectivity index (χ1v) is 11.5. The van der Waals surface area contributed by atoms with Crippen LogP contribution in [0.1, 0.15) is 18.1 Å². The summed E-state index contributed by atoms with van der Waals surface area (Å²) < 4.78 is 40.6. The highest BCUT2D eigenvalue weighted by molar-refractivity contribution is 7.92. The van der Waals surface area contributed by atoms with E-state index in [0.29, 0.717) is 18.7 Å². The highest BCUT2D eigenvalue weighted by atomic mass is 32.2. The van der Waals surface area contributed by atoms with Crippen molar-refractivity contribution in [1.82, 2.24) is 5.32 Å². The Labute approximate surface area is 182 Å². The molecule has 1 amide bonds. The van der Waals surface area contributed by atoms with Gasteiger partial charge in [-0.1, -0.05) is 49.4 Å². The topological polar surface area (TPSA) is 66.5 Å². The summed E-state index contributed by atoms with van der Waals surface area (Å²) >= 11 is 0. The summed E-state index contributed by atoms with van der Waals surface area (Å²) in [6, 6.07) is 21.2. The summed E-state index contributed by atoms with van der Waals surface area (Å²) in [4.78, 5) is 12.7. The van der Waals surface area contributed by atoms with Crippen LogP contribution in [-0.2, 0) is 27.7 Å². The van der Waals surface area contributed by atoms with Gasteiger partial charge in [-0.3, -0.25) is 9.10 Å². The minimum absolute atomic E-state index is 0.119. The Bertz CT molecular complexity index is 1100. The Morgan fingerprint density at radius 2 is 1.52 bits per heavy atom. The lowest BCUT2D eigenvalue weighted by Gasteiger charge is -2.24. The van der Waals surface area contributed by atoms with Gasteiger partial charge in [0.2, 0.25) is 5.91 Å². The van der Waals surface area contributed by atoms with Crippen LogP contribution < -0.4 is 9.62 Å². The van der Waals surface area contributed by atoms with E-state index in [1.165, 1.54) is 24.3 Å². The first kappa shape index (κ1) is 22.5. The molecule has 0 spiro atoms. The number of hydrogen-bond donors (Lipinski definition) is 1. The molecule has 1 N–H and O–H groups in total. The molecule has 3 rings (SSSR count). The molecule has 5 nitrogen and oxygen atoms in total. The molecule has 0 heterocycles. The normalized spacial score (nSPS) is 11.2. The lowest BCUT2D eigenvalue weighted by atomic mass is 10.1.